The number of rotatable bonds is 5. The first-order valence-corrected chi connectivity index (χ1v) is 11.7. The summed E-state index contributed by atoms with van der Waals surface area (Å²) in [6.45, 7) is 4.36. The fourth-order valence-electron chi connectivity index (χ4n) is 3.80. The van der Waals surface area contributed by atoms with E-state index in [0.29, 0.717) is 43.1 Å². The van der Waals surface area contributed by atoms with Crippen LogP contribution in [0, 0.1) is 24.1 Å². The van der Waals surface area contributed by atoms with E-state index >= 15 is 0 Å². The van der Waals surface area contributed by atoms with E-state index in [1.165, 1.54) is 30.3 Å². The molecule has 164 valence electrons. The number of nitrogens with one attached hydrogen (secondary N) is 1. The Morgan fingerprint density at radius 3 is 2.16 bits per heavy atom. The number of nitrogens with zero attached hydrogens (tertiary/aromatic N) is 3. The lowest BCUT2D eigenvalue weighted by atomic mass is 10.1. The average molecular weight is 451 g/mol. The quantitative estimate of drug-likeness (QED) is 0.633. The topological polar surface area (TPSA) is 76.4 Å². The van der Waals surface area contributed by atoms with E-state index in [2.05, 4.69) is 9.62 Å². The molecule has 4 rings (SSSR count). The number of sulfonamides is 1. The normalized spacial score (nSPS) is 14.2. The van der Waals surface area contributed by atoms with Gasteiger partial charge in [-0.25, -0.2) is 12.8 Å². The zero-order chi connectivity index (χ0) is 22.7. The predicted octanol–water partition coefficient (Wildman–Crippen LogP) is 4.13. The van der Waals surface area contributed by atoms with Crippen molar-refractivity contribution in [3.05, 3.63) is 83.7 Å². The van der Waals surface area contributed by atoms with Crippen molar-refractivity contribution in [1.82, 2.24) is 0 Å². The van der Waals surface area contributed by atoms with Gasteiger partial charge in [0.1, 0.15) is 5.82 Å². The summed E-state index contributed by atoms with van der Waals surface area (Å²) in [6.07, 6.45) is 0. The smallest absolute Gasteiger partial charge is 0.261 e. The number of piperazine rings is 1. The summed E-state index contributed by atoms with van der Waals surface area (Å²) in [5.41, 5.74) is 3.12. The molecule has 3 aromatic carbocycles. The second-order valence-electron chi connectivity index (χ2n) is 7.69. The molecule has 8 heteroatoms. The monoisotopic (exact) mass is 450 g/mol. The Bertz CT molecular complexity index is 1260. The van der Waals surface area contributed by atoms with Crippen molar-refractivity contribution in [2.45, 2.75) is 11.8 Å². The fraction of sp³-hybridized carbons (Fsp3) is 0.208. The lowest BCUT2D eigenvalue weighted by molar-refractivity contribution is 0.596. The molecule has 32 heavy (non-hydrogen) atoms. The molecule has 0 saturated carbocycles. The third-order valence-corrected chi connectivity index (χ3v) is 6.89. The van der Waals surface area contributed by atoms with Crippen LogP contribution in [0.5, 0.6) is 0 Å². The molecule has 1 N–H and O–H groups in total. The van der Waals surface area contributed by atoms with Crippen LogP contribution in [0.4, 0.5) is 21.5 Å². The minimum Gasteiger partial charge on any atom is -0.366 e. The molecule has 1 saturated heterocycles. The highest BCUT2D eigenvalue weighted by Gasteiger charge is 2.23. The number of halogens is 1. The highest BCUT2D eigenvalue weighted by atomic mass is 32.2. The number of benzene rings is 3. The number of hydrogen-bond acceptors (Lipinski definition) is 5. The highest BCUT2D eigenvalue weighted by molar-refractivity contribution is 7.92. The number of para-hydroxylation sites is 2. The van der Waals surface area contributed by atoms with Gasteiger partial charge in [-0.05, 0) is 61.0 Å². The maximum atomic E-state index is 14.4. The van der Waals surface area contributed by atoms with E-state index in [0.717, 1.165) is 11.3 Å². The minimum absolute atomic E-state index is 0.0889. The first-order chi connectivity index (χ1) is 15.4. The van der Waals surface area contributed by atoms with Gasteiger partial charge < -0.3 is 9.80 Å². The second-order valence-corrected chi connectivity index (χ2v) is 9.37. The fourth-order valence-corrected chi connectivity index (χ4v) is 4.88. The van der Waals surface area contributed by atoms with Crippen LogP contribution >= 0.6 is 0 Å². The molecule has 1 aliphatic heterocycles. The van der Waals surface area contributed by atoms with Crippen molar-refractivity contribution < 1.29 is 12.8 Å². The van der Waals surface area contributed by atoms with Gasteiger partial charge in [-0.1, -0.05) is 18.2 Å². The molecule has 1 fully saturated rings. The van der Waals surface area contributed by atoms with Crippen molar-refractivity contribution in [2.24, 2.45) is 0 Å². The summed E-state index contributed by atoms with van der Waals surface area (Å²) in [5.74, 6) is -0.228. The first kappa shape index (κ1) is 21.7. The summed E-state index contributed by atoms with van der Waals surface area (Å²) in [7, 11) is -3.81. The third-order valence-electron chi connectivity index (χ3n) is 5.51. The number of hydrogen-bond donors (Lipinski definition) is 1. The van der Waals surface area contributed by atoms with Crippen molar-refractivity contribution in [3.8, 4) is 6.07 Å². The van der Waals surface area contributed by atoms with Crippen LogP contribution < -0.4 is 14.5 Å². The lowest BCUT2D eigenvalue weighted by Gasteiger charge is -2.38. The summed E-state index contributed by atoms with van der Waals surface area (Å²) >= 11 is 0. The first-order valence-electron chi connectivity index (χ1n) is 10.3. The SMILES string of the molecule is Cc1ccc(N2CCN(c3ccccc3NS(=O)(=O)c3ccc(C#N)cc3)CC2)c(F)c1. The molecule has 1 heterocycles. The summed E-state index contributed by atoms with van der Waals surface area (Å²) in [6, 6.07) is 20.2. The molecule has 0 spiro atoms. The molecule has 0 unspecified atom stereocenters. The summed E-state index contributed by atoms with van der Waals surface area (Å²) in [5, 5.41) is 8.92. The lowest BCUT2D eigenvalue weighted by Crippen LogP contribution is -2.47. The zero-order valence-electron chi connectivity index (χ0n) is 17.6. The van der Waals surface area contributed by atoms with Gasteiger partial charge in [0, 0.05) is 26.2 Å². The highest BCUT2D eigenvalue weighted by Crippen LogP contribution is 2.30. The van der Waals surface area contributed by atoms with Gasteiger partial charge in [0.25, 0.3) is 10.0 Å². The van der Waals surface area contributed by atoms with Gasteiger partial charge in [-0.2, -0.15) is 5.26 Å². The van der Waals surface area contributed by atoms with E-state index < -0.39 is 10.0 Å². The predicted molar refractivity (Wildman–Crippen MR) is 124 cm³/mol. The Hall–Kier alpha value is -3.57. The number of nitriles is 1. The van der Waals surface area contributed by atoms with Gasteiger partial charge in [-0.3, -0.25) is 4.72 Å². The molecule has 1 aliphatic rings. The minimum atomic E-state index is -3.81. The van der Waals surface area contributed by atoms with E-state index in [4.69, 9.17) is 5.26 Å². The molecular formula is C24H23FN4O2S. The molecule has 0 aliphatic carbocycles. The Labute approximate surface area is 187 Å². The Morgan fingerprint density at radius 1 is 0.906 bits per heavy atom. The Balaban J connectivity index is 1.51. The Kier molecular flexibility index (Phi) is 6.01. The molecule has 0 atom stereocenters. The van der Waals surface area contributed by atoms with Crippen LogP contribution in [0.15, 0.2) is 71.6 Å². The van der Waals surface area contributed by atoms with Gasteiger partial charge in [0.05, 0.1) is 33.6 Å². The van der Waals surface area contributed by atoms with Crippen molar-refractivity contribution in [3.63, 3.8) is 0 Å². The van der Waals surface area contributed by atoms with Crippen LogP contribution in [-0.2, 0) is 10.0 Å². The molecule has 0 amide bonds. The molecule has 6 nitrogen and oxygen atoms in total. The molecule has 3 aromatic rings. The molecule has 0 bridgehead atoms. The van der Waals surface area contributed by atoms with Gasteiger partial charge in [0.2, 0.25) is 0 Å². The Morgan fingerprint density at radius 2 is 1.53 bits per heavy atom. The maximum Gasteiger partial charge on any atom is 0.261 e. The van der Waals surface area contributed by atoms with Crippen molar-refractivity contribution in [1.29, 1.82) is 5.26 Å². The molecular weight excluding hydrogens is 427 g/mol. The largest absolute Gasteiger partial charge is 0.366 e. The van der Waals surface area contributed by atoms with Crippen LogP contribution in [0.2, 0.25) is 0 Å². The maximum absolute atomic E-state index is 14.4. The zero-order valence-corrected chi connectivity index (χ0v) is 18.4. The average Bonchev–Trinajstić information content (AvgIpc) is 2.79. The van der Waals surface area contributed by atoms with Crippen LogP contribution in [0.25, 0.3) is 0 Å². The van der Waals surface area contributed by atoms with E-state index in [1.54, 1.807) is 18.2 Å². The van der Waals surface area contributed by atoms with Crippen LogP contribution in [-0.4, -0.2) is 34.6 Å². The molecule has 0 aromatic heterocycles. The number of anilines is 3. The van der Waals surface area contributed by atoms with Crippen LogP contribution in [0.3, 0.4) is 0 Å². The third kappa shape index (κ3) is 4.53. The van der Waals surface area contributed by atoms with E-state index in [9.17, 15) is 12.8 Å². The second kappa shape index (κ2) is 8.89. The summed E-state index contributed by atoms with van der Waals surface area (Å²) in [4.78, 5) is 4.19. The standard InChI is InChI=1S/C24H23FN4O2S/c1-18-6-11-23(21(25)16-18)28-12-14-29(15-13-28)24-5-3-2-4-22(24)27-32(30,31)20-9-7-19(17-26)8-10-20/h2-11,16,27H,12-15H2,1H3. The summed E-state index contributed by atoms with van der Waals surface area (Å²) < 4.78 is 42.8. The van der Waals surface area contributed by atoms with Crippen LogP contribution in [0.1, 0.15) is 11.1 Å². The van der Waals surface area contributed by atoms with Gasteiger partial charge in [0.15, 0.2) is 0 Å². The number of aryl methyl sites for hydroxylation is 1. The van der Waals surface area contributed by atoms with Crippen molar-refractivity contribution >= 4 is 27.1 Å². The van der Waals surface area contributed by atoms with E-state index in [-0.39, 0.29) is 10.7 Å². The van der Waals surface area contributed by atoms with Gasteiger partial charge in [-0.15, -0.1) is 0 Å². The van der Waals surface area contributed by atoms with Gasteiger partial charge >= 0.3 is 0 Å². The van der Waals surface area contributed by atoms with E-state index in [1.807, 2.05) is 36.1 Å². The van der Waals surface area contributed by atoms with Crippen molar-refractivity contribution in [2.75, 3.05) is 40.7 Å². The molecule has 0 radical (unpaired) electrons.